The van der Waals surface area contributed by atoms with E-state index in [1.807, 2.05) is 12.1 Å². The summed E-state index contributed by atoms with van der Waals surface area (Å²) in [4.78, 5) is 0. The van der Waals surface area contributed by atoms with Gasteiger partial charge < -0.3 is 4.74 Å². The fourth-order valence-corrected chi connectivity index (χ4v) is 3.27. The Balaban J connectivity index is 1.79. The number of halogens is 2. The number of hydrogen-bond donors (Lipinski definition) is 0. The van der Waals surface area contributed by atoms with Crippen molar-refractivity contribution < 1.29 is 4.74 Å². The number of ether oxygens (including phenoxy) is 1. The molecule has 0 saturated carbocycles. The van der Waals surface area contributed by atoms with E-state index >= 15 is 0 Å². The molecular formula is C18H18BrClO. The zero-order valence-corrected chi connectivity index (χ0v) is 14.2. The largest absolute Gasteiger partial charge is 0.489 e. The second-order valence-corrected chi connectivity index (χ2v) is 6.67. The van der Waals surface area contributed by atoms with Crippen molar-refractivity contribution in [3.8, 4) is 5.75 Å². The van der Waals surface area contributed by atoms with Gasteiger partial charge in [0.05, 0.1) is 5.88 Å². The van der Waals surface area contributed by atoms with Gasteiger partial charge in [-0.2, -0.15) is 0 Å². The summed E-state index contributed by atoms with van der Waals surface area (Å²) in [6.07, 6.45) is 4.89. The molecule has 1 nitrogen and oxygen atoms in total. The molecule has 0 N–H and O–H groups in total. The summed E-state index contributed by atoms with van der Waals surface area (Å²) in [5, 5.41) is 0. The topological polar surface area (TPSA) is 9.23 Å². The van der Waals surface area contributed by atoms with Crippen molar-refractivity contribution in [1.29, 1.82) is 0 Å². The molecule has 110 valence electrons. The molecule has 2 aromatic rings. The van der Waals surface area contributed by atoms with Gasteiger partial charge in [-0.25, -0.2) is 0 Å². The maximum absolute atomic E-state index is 6.09. The number of alkyl halides is 1. The first kappa shape index (κ1) is 14.9. The maximum atomic E-state index is 6.09. The lowest BCUT2D eigenvalue weighted by Crippen LogP contribution is -2.06. The second-order valence-electron chi connectivity index (χ2n) is 5.48. The second kappa shape index (κ2) is 6.85. The summed E-state index contributed by atoms with van der Waals surface area (Å²) in [7, 11) is 0. The van der Waals surface area contributed by atoms with E-state index in [-0.39, 0.29) is 0 Å². The molecule has 0 amide bonds. The lowest BCUT2D eigenvalue weighted by molar-refractivity contribution is 0.303. The molecule has 0 bridgehead atoms. The molecular weight excluding hydrogens is 348 g/mol. The molecule has 0 aliphatic heterocycles. The summed E-state index contributed by atoms with van der Waals surface area (Å²) in [6.45, 7) is 0.579. The molecule has 0 fully saturated rings. The van der Waals surface area contributed by atoms with Crippen molar-refractivity contribution in [3.05, 3.63) is 63.1 Å². The van der Waals surface area contributed by atoms with Gasteiger partial charge in [0, 0.05) is 10.0 Å². The fraction of sp³-hybridized carbons (Fsp3) is 0.333. The zero-order chi connectivity index (χ0) is 14.7. The van der Waals surface area contributed by atoms with Crippen LogP contribution in [0, 0.1) is 0 Å². The Bertz CT molecular complexity index is 622. The van der Waals surface area contributed by atoms with E-state index in [0.29, 0.717) is 12.5 Å². The Morgan fingerprint density at radius 3 is 2.33 bits per heavy atom. The molecule has 21 heavy (non-hydrogen) atoms. The molecule has 0 spiro atoms. The highest BCUT2D eigenvalue weighted by Crippen LogP contribution is 2.30. The Kier molecular flexibility index (Phi) is 4.87. The highest BCUT2D eigenvalue weighted by molar-refractivity contribution is 9.10. The van der Waals surface area contributed by atoms with Gasteiger partial charge >= 0.3 is 0 Å². The Labute approximate surface area is 139 Å². The third kappa shape index (κ3) is 3.61. The van der Waals surface area contributed by atoms with Crippen LogP contribution in [-0.4, -0.2) is 0 Å². The van der Waals surface area contributed by atoms with E-state index in [0.717, 1.165) is 27.8 Å². The highest BCUT2D eigenvalue weighted by Gasteiger charge is 2.14. The summed E-state index contributed by atoms with van der Waals surface area (Å²) in [5.74, 6) is 1.44. The van der Waals surface area contributed by atoms with Gasteiger partial charge in [0.15, 0.2) is 0 Å². The highest BCUT2D eigenvalue weighted by atomic mass is 79.9. The van der Waals surface area contributed by atoms with Gasteiger partial charge in [0.2, 0.25) is 0 Å². The molecule has 0 saturated heterocycles. The Morgan fingerprint density at radius 2 is 1.67 bits per heavy atom. The molecule has 0 heterocycles. The molecule has 0 atom stereocenters. The molecule has 0 aromatic heterocycles. The first-order chi connectivity index (χ1) is 10.3. The first-order valence-corrected chi connectivity index (χ1v) is 8.67. The Morgan fingerprint density at radius 1 is 1.00 bits per heavy atom. The quantitative estimate of drug-likeness (QED) is 0.637. The molecule has 3 heteroatoms. The van der Waals surface area contributed by atoms with Crippen LogP contribution in [0.4, 0.5) is 0 Å². The average Bonchev–Trinajstić information content (AvgIpc) is 2.53. The Hall–Kier alpha value is -0.990. The van der Waals surface area contributed by atoms with E-state index in [9.17, 15) is 0 Å². The van der Waals surface area contributed by atoms with Crippen molar-refractivity contribution in [2.75, 3.05) is 0 Å². The third-order valence-corrected chi connectivity index (χ3v) is 4.79. The molecule has 0 unspecified atom stereocenters. The van der Waals surface area contributed by atoms with Crippen LogP contribution in [0.1, 0.15) is 35.1 Å². The lowest BCUT2D eigenvalue weighted by Gasteiger charge is -2.19. The van der Waals surface area contributed by atoms with Crippen LogP contribution in [0.3, 0.4) is 0 Å². The maximum Gasteiger partial charge on any atom is 0.124 e. The number of hydrogen-bond acceptors (Lipinski definition) is 1. The lowest BCUT2D eigenvalue weighted by atomic mass is 9.90. The average molecular weight is 366 g/mol. The van der Waals surface area contributed by atoms with E-state index in [2.05, 4.69) is 40.2 Å². The van der Waals surface area contributed by atoms with Gasteiger partial charge in [-0.05, 0) is 60.6 Å². The monoisotopic (exact) mass is 364 g/mol. The summed E-state index contributed by atoms with van der Waals surface area (Å²) < 4.78 is 7.10. The number of benzene rings is 2. The smallest absolute Gasteiger partial charge is 0.124 e. The van der Waals surface area contributed by atoms with Crippen LogP contribution >= 0.6 is 27.5 Å². The number of rotatable bonds is 4. The van der Waals surface area contributed by atoms with Crippen molar-refractivity contribution >= 4 is 27.5 Å². The van der Waals surface area contributed by atoms with Crippen molar-refractivity contribution in [2.45, 2.75) is 38.2 Å². The summed E-state index contributed by atoms with van der Waals surface area (Å²) >= 11 is 9.54. The molecule has 3 rings (SSSR count). The van der Waals surface area contributed by atoms with Crippen LogP contribution in [0.5, 0.6) is 5.75 Å². The van der Waals surface area contributed by atoms with Crippen LogP contribution in [0.2, 0.25) is 0 Å². The van der Waals surface area contributed by atoms with Crippen LogP contribution < -0.4 is 4.74 Å². The van der Waals surface area contributed by atoms with E-state index in [4.69, 9.17) is 16.3 Å². The van der Waals surface area contributed by atoms with Gasteiger partial charge in [0.1, 0.15) is 12.4 Å². The van der Waals surface area contributed by atoms with Crippen LogP contribution in [-0.2, 0) is 25.3 Å². The van der Waals surface area contributed by atoms with Crippen molar-refractivity contribution in [1.82, 2.24) is 0 Å². The molecule has 1 aliphatic rings. The minimum atomic E-state index is 0.503. The predicted molar refractivity (Wildman–Crippen MR) is 91.1 cm³/mol. The normalized spacial score (nSPS) is 13.8. The molecule has 2 aromatic carbocycles. The number of aryl methyl sites for hydroxylation is 2. The van der Waals surface area contributed by atoms with Gasteiger partial charge in [-0.3, -0.25) is 0 Å². The number of fused-ring (bicyclic) bond motifs is 1. The fourth-order valence-electron chi connectivity index (χ4n) is 2.79. The summed E-state index contributed by atoms with van der Waals surface area (Å²) in [6, 6.07) is 12.7. The first-order valence-electron chi connectivity index (χ1n) is 7.34. The van der Waals surface area contributed by atoms with Crippen molar-refractivity contribution in [3.63, 3.8) is 0 Å². The SMILES string of the molecule is ClCc1cc2c(cc1OCc1ccc(Br)cc1)CCCC2. The van der Waals surface area contributed by atoms with Crippen LogP contribution in [0.25, 0.3) is 0 Å². The van der Waals surface area contributed by atoms with Crippen LogP contribution in [0.15, 0.2) is 40.9 Å². The minimum Gasteiger partial charge on any atom is -0.489 e. The van der Waals surface area contributed by atoms with Crippen molar-refractivity contribution in [2.24, 2.45) is 0 Å². The summed E-state index contributed by atoms with van der Waals surface area (Å²) in [5.41, 5.74) is 5.15. The molecule has 1 aliphatic carbocycles. The zero-order valence-electron chi connectivity index (χ0n) is 11.9. The minimum absolute atomic E-state index is 0.503. The van der Waals surface area contributed by atoms with Gasteiger partial charge in [0.25, 0.3) is 0 Å². The van der Waals surface area contributed by atoms with Gasteiger partial charge in [-0.15, -0.1) is 11.6 Å². The predicted octanol–water partition coefficient (Wildman–Crippen LogP) is 5.65. The third-order valence-electron chi connectivity index (χ3n) is 3.98. The molecule has 0 radical (unpaired) electrons. The standard InChI is InChI=1S/C18H18BrClO/c19-17-7-5-13(6-8-17)12-21-18-10-15-4-2-1-3-14(15)9-16(18)11-20/h5-10H,1-4,11-12H2. The van der Waals surface area contributed by atoms with E-state index in [1.165, 1.54) is 30.4 Å². The van der Waals surface area contributed by atoms with Gasteiger partial charge in [-0.1, -0.05) is 34.1 Å². The van der Waals surface area contributed by atoms with E-state index < -0.39 is 0 Å². The van der Waals surface area contributed by atoms with E-state index in [1.54, 1.807) is 0 Å².